The molecule has 0 N–H and O–H groups in total. The van der Waals surface area contributed by atoms with Crippen LogP contribution in [0.4, 0.5) is 10.1 Å². The van der Waals surface area contributed by atoms with Crippen molar-refractivity contribution in [1.29, 1.82) is 0 Å². The number of aryl methyl sites for hydroxylation is 1. The molecule has 42 heavy (non-hydrogen) atoms. The lowest BCUT2D eigenvalue weighted by Crippen LogP contribution is -2.48. The summed E-state index contributed by atoms with van der Waals surface area (Å²) < 4.78 is 49.0. The summed E-state index contributed by atoms with van der Waals surface area (Å²) in [5, 5.41) is 0. The highest BCUT2D eigenvalue weighted by atomic mass is 19.1. The summed E-state index contributed by atoms with van der Waals surface area (Å²) >= 11 is 0. The van der Waals surface area contributed by atoms with E-state index in [2.05, 4.69) is 41.3 Å². The molecule has 0 aromatic heterocycles. The fourth-order valence-corrected chi connectivity index (χ4v) is 6.34. The highest BCUT2D eigenvalue weighted by Crippen LogP contribution is 2.50. The van der Waals surface area contributed by atoms with Gasteiger partial charge in [0.15, 0.2) is 13.1 Å². The van der Waals surface area contributed by atoms with E-state index < -0.39 is 0 Å². The predicted octanol–water partition coefficient (Wildman–Crippen LogP) is 6.14. The third kappa shape index (κ3) is 6.73. The van der Waals surface area contributed by atoms with E-state index in [-0.39, 0.29) is 30.7 Å². The van der Waals surface area contributed by atoms with E-state index in [0.717, 1.165) is 43.7 Å². The van der Waals surface area contributed by atoms with Gasteiger partial charge in [0.05, 0.1) is 26.0 Å². The minimum absolute atomic E-state index is 0.0741. The van der Waals surface area contributed by atoms with Gasteiger partial charge in [0.2, 0.25) is 0 Å². The summed E-state index contributed by atoms with van der Waals surface area (Å²) in [6.07, 6.45) is 2.36. The Morgan fingerprint density at radius 2 is 1.69 bits per heavy atom. The lowest BCUT2D eigenvalue weighted by molar-refractivity contribution is -0.115. The van der Waals surface area contributed by atoms with Gasteiger partial charge in [0.25, 0.3) is 0 Å². The molecule has 0 amide bonds. The molecular formula is C34H42FNO6. The van der Waals surface area contributed by atoms with Crippen molar-refractivity contribution in [3.63, 3.8) is 0 Å². The summed E-state index contributed by atoms with van der Waals surface area (Å²) in [6.45, 7) is 2.66. The minimum atomic E-state index is -0.241. The van der Waals surface area contributed by atoms with Crippen LogP contribution in [0.25, 0.3) is 0 Å². The molecule has 1 aliphatic carbocycles. The van der Waals surface area contributed by atoms with Crippen LogP contribution in [0.3, 0.4) is 0 Å². The van der Waals surface area contributed by atoms with Crippen LogP contribution in [0, 0.1) is 11.7 Å². The SMILES string of the molecule is COCCOCOc1ccc2c(c1)CC[C@H](c1ccccc1)[C@@H]2c1cc(F)c(N2CC(CC(OC)OC)C2)cc1OC. The van der Waals surface area contributed by atoms with Crippen LogP contribution in [0.2, 0.25) is 0 Å². The van der Waals surface area contributed by atoms with E-state index >= 15 is 4.39 Å². The first-order valence-electron chi connectivity index (χ1n) is 14.6. The molecule has 5 rings (SSSR count). The third-order valence-corrected chi connectivity index (χ3v) is 8.53. The number of halogens is 1. The smallest absolute Gasteiger partial charge is 0.189 e. The number of fused-ring (bicyclic) bond motifs is 1. The molecule has 0 spiro atoms. The van der Waals surface area contributed by atoms with Gasteiger partial charge in [-0.15, -0.1) is 0 Å². The number of ether oxygens (including phenoxy) is 6. The van der Waals surface area contributed by atoms with E-state index in [0.29, 0.717) is 30.6 Å². The molecular weight excluding hydrogens is 537 g/mol. The number of rotatable bonds is 14. The van der Waals surface area contributed by atoms with E-state index in [1.165, 1.54) is 16.7 Å². The quantitative estimate of drug-likeness (QED) is 0.168. The van der Waals surface area contributed by atoms with Gasteiger partial charge in [0, 0.05) is 58.4 Å². The first-order valence-corrected chi connectivity index (χ1v) is 14.6. The second kappa shape index (κ2) is 14.3. The maximum absolute atomic E-state index is 15.9. The van der Waals surface area contributed by atoms with Crippen LogP contribution >= 0.6 is 0 Å². The number of benzene rings is 3. The summed E-state index contributed by atoms with van der Waals surface area (Å²) in [7, 11) is 6.60. The Morgan fingerprint density at radius 1 is 0.905 bits per heavy atom. The van der Waals surface area contributed by atoms with E-state index in [1.807, 2.05) is 18.2 Å². The second-order valence-corrected chi connectivity index (χ2v) is 11.0. The van der Waals surface area contributed by atoms with Gasteiger partial charge in [-0.05, 0) is 59.6 Å². The number of methoxy groups -OCH3 is 4. The monoisotopic (exact) mass is 579 g/mol. The standard InChI is InChI=1S/C34H42FNO6/c1-37-14-15-41-22-42-26-11-13-28-25(17-26)10-12-27(24-8-6-5-7-9-24)34(28)29-18-30(35)31(19-32(29)38-2)36-20-23(21-36)16-33(39-3)40-4/h5-9,11,13,17-19,23,27,33-34H,10,12,14-16,20-22H2,1-4H3/t27-,34+/m1/s1. The fraction of sp³-hybridized carbons (Fsp3) is 0.471. The Balaban J connectivity index is 1.43. The largest absolute Gasteiger partial charge is 0.496 e. The van der Waals surface area contributed by atoms with Crippen molar-refractivity contribution < 1.29 is 32.8 Å². The molecule has 1 fully saturated rings. The summed E-state index contributed by atoms with van der Waals surface area (Å²) in [6, 6.07) is 20.3. The molecule has 1 heterocycles. The van der Waals surface area contributed by atoms with E-state index in [1.54, 1.807) is 34.5 Å². The van der Waals surface area contributed by atoms with Crippen LogP contribution in [0.5, 0.6) is 11.5 Å². The lowest BCUT2D eigenvalue weighted by atomic mass is 9.69. The van der Waals surface area contributed by atoms with Crippen LogP contribution in [-0.4, -0.2) is 67.8 Å². The molecule has 0 radical (unpaired) electrons. The van der Waals surface area contributed by atoms with Gasteiger partial charge in [-0.2, -0.15) is 0 Å². The zero-order valence-electron chi connectivity index (χ0n) is 25.0. The topological polar surface area (TPSA) is 58.6 Å². The normalized spacial score (nSPS) is 18.6. The van der Waals surface area contributed by atoms with Gasteiger partial charge < -0.3 is 33.3 Å². The summed E-state index contributed by atoms with van der Waals surface area (Å²) in [4.78, 5) is 2.07. The zero-order valence-corrected chi connectivity index (χ0v) is 25.0. The van der Waals surface area contributed by atoms with Crippen LogP contribution in [-0.2, 0) is 25.4 Å². The Kier molecular flexibility index (Phi) is 10.3. The number of anilines is 1. The van der Waals surface area contributed by atoms with Crippen molar-refractivity contribution in [1.82, 2.24) is 0 Å². The first-order chi connectivity index (χ1) is 20.6. The van der Waals surface area contributed by atoms with Gasteiger partial charge in [-0.3, -0.25) is 0 Å². The third-order valence-electron chi connectivity index (χ3n) is 8.53. The molecule has 226 valence electrons. The summed E-state index contributed by atoms with van der Waals surface area (Å²) in [5.74, 6) is 1.71. The Hall–Kier alpha value is -3.17. The molecule has 7 nitrogen and oxygen atoms in total. The highest BCUT2D eigenvalue weighted by Gasteiger charge is 2.36. The molecule has 2 atom stereocenters. The van der Waals surface area contributed by atoms with Crippen LogP contribution in [0.1, 0.15) is 46.9 Å². The van der Waals surface area contributed by atoms with Crippen LogP contribution in [0.15, 0.2) is 60.7 Å². The molecule has 8 heteroatoms. The number of hydrogen-bond donors (Lipinski definition) is 0. The average Bonchev–Trinajstić information content (AvgIpc) is 3.00. The van der Waals surface area contributed by atoms with Crippen molar-refractivity contribution in [2.45, 2.75) is 37.4 Å². The van der Waals surface area contributed by atoms with Gasteiger partial charge in [-0.25, -0.2) is 4.39 Å². The van der Waals surface area contributed by atoms with E-state index in [4.69, 9.17) is 28.4 Å². The van der Waals surface area contributed by atoms with Crippen molar-refractivity contribution in [2.75, 3.05) is 66.4 Å². The highest BCUT2D eigenvalue weighted by molar-refractivity contribution is 5.60. The summed E-state index contributed by atoms with van der Waals surface area (Å²) in [5.41, 5.74) is 5.04. The number of nitrogens with zero attached hydrogens (tertiary/aromatic N) is 1. The Bertz CT molecular complexity index is 1290. The lowest BCUT2D eigenvalue weighted by Gasteiger charge is -2.42. The fourth-order valence-electron chi connectivity index (χ4n) is 6.34. The van der Waals surface area contributed by atoms with Gasteiger partial charge >= 0.3 is 0 Å². The van der Waals surface area contributed by atoms with Gasteiger partial charge in [0.1, 0.15) is 17.3 Å². The molecule has 0 saturated carbocycles. The van der Waals surface area contributed by atoms with Gasteiger partial charge in [-0.1, -0.05) is 36.4 Å². The maximum atomic E-state index is 15.9. The second-order valence-electron chi connectivity index (χ2n) is 11.0. The molecule has 1 aliphatic heterocycles. The zero-order chi connectivity index (χ0) is 29.5. The predicted molar refractivity (Wildman–Crippen MR) is 160 cm³/mol. The molecule has 2 aliphatic rings. The maximum Gasteiger partial charge on any atom is 0.189 e. The minimum Gasteiger partial charge on any atom is -0.496 e. The first kappa shape index (κ1) is 30.3. The van der Waals surface area contributed by atoms with Crippen molar-refractivity contribution in [3.8, 4) is 11.5 Å². The van der Waals surface area contributed by atoms with Crippen molar-refractivity contribution in [2.24, 2.45) is 5.92 Å². The van der Waals surface area contributed by atoms with Crippen molar-refractivity contribution >= 4 is 5.69 Å². The van der Waals surface area contributed by atoms with E-state index in [9.17, 15) is 0 Å². The number of hydrogen-bond acceptors (Lipinski definition) is 7. The molecule has 0 unspecified atom stereocenters. The average molecular weight is 580 g/mol. The van der Waals surface area contributed by atoms with Crippen molar-refractivity contribution in [3.05, 3.63) is 88.7 Å². The Morgan fingerprint density at radius 3 is 2.40 bits per heavy atom. The molecule has 3 aromatic carbocycles. The molecule has 1 saturated heterocycles. The molecule has 3 aromatic rings. The molecule has 0 bridgehead atoms. The Labute approximate surface area is 248 Å². The van der Waals surface area contributed by atoms with Crippen LogP contribution < -0.4 is 14.4 Å².